The topological polar surface area (TPSA) is 77.2 Å². The number of halogens is 1. The smallest absolute Gasteiger partial charge is 0.274 e. The van der Waals surface area contributed by atoms with Crippen LogP contribution >= 0.6 is 12.4 Å². The van der Waals surface area contributed by atoms with Gasteiger partial charge in [0.2, 0.25) is 0 Å². The minimum Gasteiger partial charge on any atom is -0.491 e. The molecular weight excluding hydrogens is 302 g/mol. The first-order valence-corrected chi connectivity index (χ1v) is 6.86. The molecule has 22 heavy (non-hydrogen) atoms. The molecule has 0 unspecified atom stereocenters. The normalized spacial score (nSPS) is 9.73. The number of ether oxygens (including phenoxy) is 1. The highest BCUT2D eigenvalue weighted by molar-refractivity contribution is 6.03. The first-order valence-electron chi connectivity index (χ1n) is 6.86. The van der Waals surface area contributed by atoms with E-state index in [1.54, 1.807) is 12.1 Å². The number of amides is 1. The number of aryl methyl sites for hydroxylation is 1. The maximum atomic E-state index is 12.2. The van der Waals surface area contributed by atoms with Crippen LogP contribution in [-0.4, -0.2) is 17.5 Å². The van der Waals surface area contributed by atoms with E-state index in [0.717, 1.165) is 12.0 Å². The molecule has 0 aliphatic carbocycles. The molecule has 0 aliphatic heterocycles. The number of nitrogens with one attached hydrogen (secondary N) is 1. The third kappa shape index (κ3) is 4.63. The van der Waals surface area contributed by atoms with Gasteiger partial charge in [-0.05, 0) is 43.2 Å². The molecule has 2 aromatic rings. The number of carbonyl (C=O) groups excluding carboxylic acids is 1. The van der Waals surface area contributed by atoms with E-state index in [1.807, 2.05) is 32.0 Å². The van der Waals surface area contributed by atoms with Crippen molar-refractivity contribution in [1.29, 1.82) is 0 Å². The number of aromatic nitrogens is 1. The summed E-state index contributed by atoms with van der Waals surface area (Å²) in [5.74, 6) is 0.376. The van der Waals surface area contributed by atoms with Crippen molar-refractivity contribution in [3.05, 3.63) is 47.8 Å². The van der Waals surface area contributed by atoms with Crippen LogP contribution in [0.2, 0.25) is 0 Å². The molecule has 0 saturated carbocycles. The second kappa shape index (κ2) is 8.24. The molecule has 0 spiro atoms. The number of nitrogens with zero attached hydrogens (tertiary/aromatic N) is 1. The molecule has 0 saturated heterocycles. The predicted molar refractivity (Wildman–Crippen MR) is 90.8 cm³/mol. The Balaban J connectivity index is 0.00000242. The average Bonchev–Trinajstić information content (AvgIpc) is 2.48. The minimum absolute atomic E-state index is 0. The largest absolute Gasteiger partial charge is 0.491 e. The van der Waals surface area contributed by atoms with Crippen LogP contribution in [0.1, 0.15) is 29.4 Å². The molecule has 118 valence electrons. The van der Waals surface area contributed by atoms with E-state index in [2.05, 4.69) is 10.3 Å². The molecule has 1 amide bonds. The van der Waals surface area contributed by atoms with Crippen molar-refractivity contribution in [2.45, 2.75) is 20.3 Å². The number of nitrogen functional groups attached to an aromatic ring is 1. The molecule has 1 aromatic heterocycles. The highest BCUT2D eigenvalue weighted by atomic mass is 35.5. The van der Waals surface area contributed by atoms with E-state index in [1.165, 1.54) is 6.20 Å². The number of pyridine rings is 1. The Labute approximate surface area is 136 Å². The Hall–Kier alpha value is -2.27. The lowest BCUT2D eigenvalue weighted by molar-refractivity contribution is 0.102. The van der Waals surface area contributed by atoms with Gasteiger partial charge in [-0.15, -0.1) is 12.4 Å². The van der Waals surface area contributed by atoms with E-state index >= 15 is 0 Å². The van der Waals surface area contributed by atoms with Gasteiger partial charge in [-0.2, -0.15) is 0 Å². The van der Waals surface area contributed by atoms with Gasteiger partial charge in [-0.25, -0.2) is 4.98 Å². The molecule has 5 nitrogen and oxygen atoms in total. The molecule has 0 bridgehead atoms. The zero-order chi connectivity index (χ0) is 15.2. The Morgan fingerprint density at radius 2 is 2.09 bits per heavy atom. The molecule has 6 heteroatoms. The summed E-state index contributed by atoms with van der Waals surface area (Å²) in [6.45, 7) is 4.62. The molecule has 0 fully saturated rings. The van der Waals surface area contributed by atoms with Gasteiger partial charge in [0, 0.05) is 0 Å². The summed E-state index contributed by atoms with van der Waals surface area (Å²) in [6.07, 6.45) is 2.36. The van der Waals surface area contributed by atoms with Crippen molar-refractivity contribution in [1.82, 2.24) is 4.98 Å². The van der Waals surface area contributed by atoms with Crippen LogP contribution in [0.25, 0.3) is 0 Å². The zero-order valence-electron chi connectivity index (χ0n) is 12.6. The number of carbonyl (C=O) groups is 1. The maximum Gasteiger partial charge on any atom is 0.274 e. The van der Waals surface area contributed by atoms with Gasteiger partial charge in [0.25, 0.3) is 5.91 Å². The summed E-state index contributed by atoms with van der Waals surface area (Å²) in [4.78, 5) is 16.2. The van der Waals surface area contributed by atoms with Gasteiger partial charge in [-0.3, -0.25) is 4.79 Å². The first kappa shape index (κ1) is 17.8. The zero-order valence-corrected chi connectivity index (χ0v) is 13.4. The third-order valence-corrected chi connectivity index (χ3v) is 2.87. The Morgan fingerprint density at radius 3 is 2.73 bits per heavy atom. The lowest BCUT2D eigenvalue weighted by atomic mass is 10.2. The lowest BCUT2D eigenvalue weighted by Crippen LogP contribution is -2.14. The summed E-state index contributed by atoms with van der Waals surface area (Å²) >= 11 is 0. The molecular formula is C16H20ClN3O2. The number of benzene rings is 1. The van der Waals surface area contributed by atoms with Crippen LogP contribution in [-0.2, 0) is 0 Å². The molecule has 1 aromatic carbocycles. The molecule has 1 heterocycles. The van der Waals surface area contributed by atoms with Crippen LogP contribution in [0.5, 0.6) is 5.75 Å². The quantitative estimate of drug-likeness (QED) is 0.884. The lowest BCUT2D eigenvalue weighted by Gasteiger charge is -2.12. The first-order chi connectivity index (χ1) is 10.1. The summed E-state index contributed by atoms with van der Waals surface area (Å²) in [6, 6.07) is 8.89. The van der Waals surface area contributed by atoms with Crippen LogP contribution in [0.4, 0.5) is 11.4 Å². The predicted octanol–water partition coefficient (Wildman–Crippen LogP) is 3.44. The number of nitrogens with two attached hydrogens (primary N) is 1. The minimum atomic E-state index is -0.291. The highest BCUT2D eigenvalue weighted by Crippen LogP contribution is 2.26. The second-order valence-electron chi connectivity index (χ2n) is 4.78. The van der Waals surface area contributed by atoms with Crippen LogP contribution in [0.3, 0.4) is 0 Å². The van der Waals surface area contributed by atoms with Crippen LogP contribution in [0, 0.1) is 6.92 Å². The van der Waals surface area contributed by atoms with Crippen molar-refractivity contribution >= 4 is 29.7 Å². The van der Waals surface area contributed by atoms with E-state index < -0.39 is 0 Å². The van der Waals surface area contributed by atoms with Gasteiger partial charge >= 0.3 is 0 Å². The second-order valence-corrected chi connectivity index (χ2v) is 4.78. The number of hydrogen-bond acceptors (Lipinski definition) is 4. The molecule has 0 radical (unpaired) electrons. The van der Waals surface area contributed by atoms with Gasteiger partial charge in [0.1, 0.15) is 11.4 Å². The number of hydrogen-bond donors (Lipinski definition) is 2. The van der Waals surface area contributed by atoms with Gasteiger partial charge in [0.05, 0.1) is 24.2 Å². The monoisotopic (exact) mass is 321 g/mol. The maximum absolute atomic E-state index is 12.2. The fourth-order valence-corrected chi connectivity index (χ4v) is 1.79. The van der Waals surface area contributed by atoms with Crippen molar-refractivity contribution in [3.8, 4) is 5.75 Å². The fraction of sp³-hybridized carbons (Fsp3) is 0.250. The van der Waals surface area contributed by atoms with Crippen molar-refractivity contribution < 1.29 is 9.53 Å². The summed E-state index contributed by atoms with van der Waals surface area (Å²) in [5.41, 5.74) is 8.10. The van der Waals surface area contributed by atoms with Crippen molar-refractivity contribution in [2.75, 3.05) is 17.7 Å². The van der Waals surface area contributed by atoms with Gasteiger partial charge in [0.15, 0.2) is 0 Å². The molecule has 3 N–H and O–H groups in total. The third-order valence-electron chi connectivity index (χ3n) is 2.87. The Bertz CT molecular complexity index is 630. The summed E-state index contributed by atoms with van der Waals surface area (Å²) in [7, 11) is 0. The fourth-order valence-electron chi connectivity index (χ4n) is 1.79. The molecule has 2 rings (SSSR count). The van der Waals surface area contributed by atoms with E-state index in [9.17, 15) is 4.79 Å². The van der Waals surface area contributed by atoms with Crippen LogP contribution in [0.15, 0.2) is 36.5 Å². The van der Waals surface area contributed by atoms with Crippen molar-refractivity contribution in [2.24, 2.45) is 0 Å². The number of rotatable bonds is 5. The average molecular weight is 322 g/mol. The number of anilines is 2. The van der Waals surface area contributed by atoms with E-state index in [-0.39, 0.29) is 18.3 Å². The Morgan fingerprint density at radius 1 is 1.32 bits per heavy atom. The highest BCUT2D eigenvalue weighted by Gasteiger charge is 2.11. The summed E-state index contributed by atoms with van der Waals surface area (Å²) < 4.78 is 5.67. The summed E-state index contributed by atoms with van der Waals surface area (Å²) in [5, 5.41) is 2.82. The van der Waals surface area contributed by atoms with Crippen LogP contribution < -0.4 is 15.8 Å². The SMILES string of the molecule is CCCOc1cc(C)ccc1NC(=O)c1ccc(N)cn1.Cl. The Kier molecular flexibility index (Phi) is 6.66. The van der Waals surface area contributed by atoms with E-state index in [4.69, 9.17) is 10.5 Å². The molecule has 0 aliphatic rings. The van der Waals surface area contributed by atoms with Gasteiger partial charge < -0.3 is 15.8 Å². The molecule has 0 atom stereocenters. The van der Waals surface area contributed by atoms with Crippen molar-refractivity contribution in [3.63, 3.8) is 0 Å². The standard InChI is InChI=1S/C16H19N3O2.ClH/c1-3-8-21-15-9-11(2)4-6-13(15)19-16(20)14-7-5-12(17)10-18-14;/h4-7,9-10H,3,8,17H2,1-2H3,(H,19,20);1H. The van der Waals surface area contributed by atoms with E-state index in [0.29, 0.717) is 29.4 Å². The van der Waals surface area contributed by atoms with Gasteiger partial charge in [-0.1, -0.05) is 13.0 Å².